The maximum absolute atomic E-state index is 12.0. The molecule has 0 radical (unpaired) electrons. The summed E-state index contributed by atoms with van der Waals surface area (Å²) in [5.41, 5.74) is 1.75. The van der Waals surface area contributed by atoms with Crippen LogP contribution >= 0.6 is 0 Å². The zero-order valence-corrected chi connectivity index (χ0v) is 12.3. The van der Waals surface area contributed by atoms with Crippen LogP contribution in [0.2, 0.25) is 0 Å². The Balaban J connectivity index is 1.55. The van der Waals surface area contributed by atoms with E-state index < -0.39 is 0 Å². The van der Waals surface area contributed by atoms with E-state index in [0.717, 1.165) is 17.7 Å². The lowest BCUT2D eigenvalue weighted by Gasteiger charge is -2.30. The minimum Gasteiger partial charge on any atom is -0.373 e. The Bertz CT molecular complexity index is 629. The fourth-order valence-corrected chi connectivity index (χ4v) is 2.48. The quantitative estimate of drug-likeness (QED) is 0.909. The van der Waals surface area contributed by atoms with Crippen molar-refractivity contribution in [3.8, 4) is 0 Å². The minimum atomic E-state index is -0.298. The van der Waals surface area contributed by atoms with Crippen LogP contribution in [0.5, 0.6) is 0 Å². The Labute approximate surface area is 128 Å². The normalized spacial score (nSPS) is 21.3. The smallest absolute Gasteiger partial charge is 0.321 e. The second-order valence-electron chi connectivity index (χ2n) is 5.30. The van der Waals surface area contributed by atoms with E-state index in [1.807, 2.05) is 12.1 Å². The Morgan fingerprint density at radius 1 is 1.45 bits per heavy atom. The highest BCUT2D eigenvalue weighted by Crippen LogP contribution is 2.27. The van der Waals surface area contributed by atoms with E-state index in [-0.39, 0.29) is 18.2 Å². The number of carbonyl (C=O) groups is 1. The summed E-state index contributed by atoms with van der Waals surface area (Å²) >= 11 is 0. The minimum absolute atomic E-state index is 0.0414. The van der Waals surface area contributed by atoms with Gasteiger partial charge in [-0.3, -0.25) is 10.3 Å². The molecule has 0 unspecified atom stereocenters. The molecule has 1 aliphatic rings. The summed E-state index contributed by atoms with van der Waals surface area (Å²) in [6.45, 7) is 2.40. The summed E-state index contributed by atoms with van der Waals surface area (Å²) in [6, 6.07) is 5.28. The van der Waals surface area contributed by atoms with Crippen LogP contribution in [-0.2, 0) is 4.74 Å². The van der Waals surface area contributed by atoms with Gasteiger partial charge in [0, 0.05) is 31.1 Å². The molecule has 7 nitrogen and oxygen atoms in total. The van der Waals surface area contributed by atoms with Gasteiger partial charge in [0.2, 0.25) is 5.88 Å². The van der Waals surface area contributed by atoms with Gasteiger partial charge >= 0.3 is 6.03 Å². The monoisotopic (exact) mass is 302 g/mol. The number of amides is 2. The molecule has 1 saturated heterocycles. The second-order valence-corrected chi connectivity index (χ2v) is 5.30. The molecule has 22 heavy (non-hydrogen) atoms. The topological polar surface area (TPSA) is 89.3 Å². The van der Waals surface area contributed by atoms with Crippen LogP contribution in [-0.4, -0.2) is 28.8 Å². The fourth-order valence-electron chi connectivity index (χ4n) is 2.48. The van der Waals surface area contributed by atoms with E-state index in [9.17, 15) is 4.79 Å². The van der Waals surface area contributed by atoms with E-state index >= 15 is 0 Å². The van der Waals surface area contributed by atoms with Crippen LogP contribution < -0.4 is 10.6 Å². The van der Waals surface area contributed by atoms with Crippen molar-refractivity contribution in [3.05, 3.63) is 41.9 Å². The maximum atomic E-state index is 12.0. The lowest BCUT2D eigenvalue weighted by Crippen LogP contribution is -2.41. The van der Waals surface area contributed by atoms with Crippen LogP contribution in [0.3, 0.4) is 0 Å². The highest BCUT2D eigenvalue weighted by atomic mass is 16.5. The van der Waals surface area contributed by atoms with Gasteiger partial charge in [0.05, 0.1) is 11.8 Å². The van der Waals surface area contributed by atoms with Gasteiger partial charge in [-0.05, 0) is 31.4 Å². The molecule has 2 atom stereocenters. The zero-order chi connectivity index (χ0) is 15.4. The summed E-state index contributed by atoms with van der Waals surface area (Å²) in [5.74, 6) is 0.339. The number of urea groups is 1. The molecule has 1 fully saturated rings. The van der Waals surface area contributed by atoms with Crippen molar-refractivity contribution in [1.82, 2.24) is 15.5 Å². The summed E-state index contributed by atoms with van der Waals surface area (Å²) < 4.78 is 10.7. The van der Waals surface area contributed by atoms with E-state index in [4.69, 9.17) is 9.26 Å². The SMILES string of the molecule is Cc1cc(NC(=O)N[C@@H]2CCO[C@@H](c3cccnc3)C2)on1. The number of hydrogen-bond donors (Lipinski definition) is 2. The first-order valence-corrected chi connectivity index (χ1v) is 7.23. The first-order valence-electron chi connectivity index (χ1n) is 7.23. The van der Waals surface area contributed by atoms with Crippen molar-refractivity contribution in [2.75, 3.05) is 11.9 Å². The first-order chi connectivity index (χ1) is 10.7. The van der Waals surface area contributed by atoms with Crippen LogP contribution in [0, 0.1) is 6.92 Å². The van der Waals surface area contributed by atoms with Crippen molar-refractivity contribution in [2.24, 2.45) is 0 Å². The molecule has 0 saturated carbocycles. The number of aromatic nitrogens is 2. The third kappa shape index (κ3) is 3.62. The number of carbonyl (C=O) groups excluding carboxylic acids is 1. The molecule has 0 aliphatic carbocycles. The van der Waals surface area contributed by atoms with Crippen molar-refractivity contribution in [3.63, 3.8) is 0 Å². The molecule has 0 bridgehead atoms. The molecule has 1 aliphatic heterocycles. The standard InChI is InChI=1S/C15H18N4O3/c1-10-7-14(22-19-10)18-15(20)17-12-4-6-21-13(8-12)11-3-2-5-16-9-11/h2-3,5,7,9,12-13H,4,6,8H2,1H3,(H2,17,18,20)/t12-,13-/m1/s1. The van der Waals surface area contributed by atoms with Gasteiger partial charge in [0.15, 0.2) is 0 Å². The molecular formula is C15H18N4O3. The van der Waals surface area contributed by atoms with Gasteiger partial charge in [-0.25, -0.2) is 4.79 Å². The van der Waals surface area contributed by atoms with Crippen molar-refractivity contribution >= 4 is 11.9 Å². The zero-order valence-electron chi connectivity index (χ0n) is 12.3. The summed E-state index contributed by atoms with van der Waals surface area (Å²) in [6.07, 6.45) is 4.98. The Morgan fingerprint density at radius 2 is 2.36 bits per heavy atom. The number of hydrogen-bond acceptors (Lipinski definition) is 5. The van der Waals surface area contributed by atoms with Gasteiger partial charge in [-0.2, -0.15) is 0 Å². The van der Waals surface area contributed by atoms with Crippen LogP contribution in [0.4, 0.5) is 10.7 Å². The predicted octanol–water partition coefficient (Wildman–Crippen LogP) is 2.42. The Kier molecular flexibility index (Phi) is 4.34. The summed E-state index contributed by atoms with van der Waals surface area (Å²) in [7, 11) is 0. The van der Waals surface area contributed by atoms with E-state index in [1.54, 1.807) is 25.4 Å². The number of pyridine rings is 1. The number of aryl methyl sites for hydroxylation is 1. The highest BCUT2D eigenvalue weighted by molar-refractivity contribution is 5.87. The molecule has 7 heteroatoms. The largest absolute Gasteiger partial charge is 0.373 e. The van der Waals surface area contributed by atoms with Crippen LogP contribution in [0.1, 0.15) is 30.2 Å². The Hall–Kier alpha value is -2.41. The van der Waals surface area contributed by atoms with Gasteiger partial charge < -0.3 is 14.6 Å². The molecule has 0 aromatic carbocycles. The molecule has 116 valence electrons. The lowest BCUT2D eigenvalue weighted by atomic mass is 9.99. The third-order valence-corrected chi connectivity index (χ3v) is 3.54. The average Bonchev–Trinajstić information content (AvgIpc) is 2.93. The average molecular weight is 302 g/mol. The summed E-state index contributed by atoms with van der Waals surface area (Å²) in [5, 5.41) is 9.29. The van der Waals surface area contributed by atoms with E-state index in [1.165, 1.54) is 0 Å². The van der Waals surface area contributed by atoms with Crippen molar-refractivity contribution < 1.29 is 14.1 Å². The molecule has 2 aromatic rings. The summed E-state index contributed by atoms with van der Waals surface area (Å²) in [4.78, 5) is 16.1. The molecule has 2 aromatic heterocycles. The van der Waals surface area contributed by atoms with Crippen molar-refractivity contribution in [1.29, 1.82) is 0 Å². The number of nitrogens with one attached hydrogen (secondary N) is 2. The molecule has 3 rings (SSSR count). The van der Waals surface area contributed by atoms with E-state index in [2.05, 4.69) is 20.8 Å². The van der Waals surface area contributed by atoms with Crippen LogP contribution in [0.15, 0.2) is 35.1 Å². The molecule has 0 spiro atoms. The molecular weight excluding hydrogens is 284 g/mol. The number of nitrogens with zero attached hydrogens (tertiary/aromatic N) is 2. The maximum Gasteiger partial charge on any atom is 0.321 e. The van der Waals surface area contributed by atoms with Gasteiger partial charge in [-0.15, -0.1) is 0 Å². The van der Waals surface area contributed by atoms with Gasteiger partial charge in [0.25, 0.3) is 0 Å². The second kappa shape index (κ2) is 6.57. The number of ether oxygens (including phenoxy) is 1. The van der Waals surface area contributed by atoms with E-state index in [0.29, 0.717) is 18.9 Å². The number of rotatable bonds is 3. The van der Waals surface area contributed by atoms with Gasteiger partial charge in [-0.1, -0.05) is 11.2 Å². The van der Waals surface area contributed by atoms with Crippen molar-refractivity contribution in [2.45, 2.75) is 31.9 Å². The van der Waals surface area contributed by atoms with Gasteiger partial charge in [0.1, 0.15) is 0 Å². The van der Waals surface area contributed by atoms with Crippen LogP contribution in [0.25, 0.3) is 0 Å². The lowest BCUT2D eigenvalue weighted by molar-refractivity contribution is 0.00234. The molecule has 2 amide bonds. The number of anilines is 1. The molecule has 3 heterocycles. The predicted molar refractivity (Wildman–Crippen MR) is 79.3 cm³/mol. The first kappa shape index (κ1) is 14.5. The highest BCUT2D eigenvalue weighted by Gasteiger charge is 2.25. The Morgan fingerprint density at radius 3 is 3.09 bits per heavy atom. The third-order valence-electron chi connectivity index (χ3n) is 3.54. The fraction of sp³-hybridized carbons (Fsp3) is 0.400. The molecule has 2 N–H and O–H groups in total.